The molecular formula is C12H15N3O2. The number of amides is 1. The van der Waals surface area contributed by atoms with Crippen LogP contribution in [0, 0.1) is 0 Å². The van der Waals surface area contributed by atoms with Crippen LogP contribution in [0.3, 0.4) is 0 Å². The number of ether oxygens (including phenoxy) is 1. The number of benzene rings is 1. The first-order valence-electron chi connectivity index (χ1n) is 5.53. The summed E-state index contributed by atoms with van der Waals surface area (Å²) in [5.74, 6) is 0.901. The van der Waals surface area contributed by atoms with Crippen LogP contribution in [0.25, 0.3) is 0 Å². The van der Waals surface area contributed by atoms with Crippen molar-refractivity contribution in [1.82, 2.24) is 5.32 Å². The number of methoxy groups -OCH3 is 1. The van der Waals surface area contributed by atoms with Crippen molar-refractivity contribution in [1.29, 1.82) is 0 Å². The van der Waals surface area contributed by atoms with Gasteiger partial charge in [-0.1, -0.05) is 6.07 Å². The zero-order valence-corrected chi connectivity index (χ0v) is 9.69. The van der Waals surface area contributed by atoms with Crippen LogP contribution in [-0.2, 0) is 4.79 Å². The molecule has 0 atom stereocenters. The molecule has 1 heterocycles. The average molecular weight is 233 g/mol. The van der Waals surface area contributed by atoms with Gasteiger partial charge in [0.2, 0.25) is 0 Å². The van der Waals surface area contributed by atoms with E-state index in [-0.39, 0.29) is 5.91 Å². The molecule has 0 radical (unpaired) electrons. The van der Waals surface area contributed by atoms with Crippen molar-refractivity contribution in [2.24, 2.45) is 4.99 Å². The number of anilines is 1. The molecule has 1 aromatic carbocycles. The predicted octanol–water partition coefficient (Wildman–Crippen LogP) is 1.03. The van der Waals surface area contributed by atoms with E-state index in [4.69, 9.17) is 4.74 Å². The molecule has 0 spiro atoms. The third-order valence-electron chi connectivity index (χ3n) is 2.44. The van der Waals surface area contributed by atoms with Crippen molar-refractivity contribution in [3.63, 3.8) is 0 Å². The predicted molar refractivity (Wildman–Crippen MR) is 66.5 cm³/mol. The third-order valence-corrected chi connectivity index (χ3v) is 2.44. The second kappa shape index (κ2) is 5.34. The van der Waals surface area contributed by atoms with E-state index in [0.717, 1.165) is 13.0 Å². The highest BCUT2D eigenvalue weighted by Gasteiger charge is 2.13. The van der Waals surface area contributed by atoms with Crippen molar-refractivity contribution >= 4 is 17.4 Å². The fourth-order valence-corrected chi connectivity index (χ4v) is 1.58. The number of rotatable bonds is 3. The summed E-state index contributed by atoms with van der Waals surface area (Å²) in [7, 11) is 1.59. The van der Waals surface area contributed by atoms with Gasteiger partial charge in [0, 0.05) is 24.8 Å². The van der Waals surface area contributed by atoms with Crippen LogP contribution in [-0.4, -0.2) is 31.9 Å². The molecule has 0 aromatic heterocycles. The van der Waals surface area contributed by atoms with Gasteiger partial charge in [-0.05, 0) is 18.6 Å². The molecule has 17 heavy (non-hydrogen) atoms. The van der Waals surface area contributed by atoms with Gasteiger partial charge in [-0.2, -0.15) is 0 Å². The Balaban J connectivity index is 2.04. The number of amidine groups is 1. The van der Waals surface area contributed by atoms with Crippen LogP contribution >= 0.6 is 0 Å². The highest BCUT2D eigenvalue weighted by atomic mass is 16.5. The van der Waals surface area contributed by atoms with Gasteiger partial charge in [0.1, 0.15) is 5.75 Å². The fraction of sp³-hybridized carbons (Fsp3) is 0.333. The molecule has 1 aliphatic rings. The van der Waals surface area contributed by atoms with Crippen LogP contribution in [0.4, 0.5) is 5.69 Å². The normalized spacial score (nSPS) is 14.5. The van der Waals surface area contributed by atoms with Crippen molar-refractivity contribution in [2.75, 3.05) is 25.5 Å². The van der Waals surface area contributed by atoms with E-state index in [1.54, 1.807) is 13.2 Å². The average Bonchev–Trinajstić information content (AvgIpc) is 2.40. The molecule has 2 rings (SSSR count). The molecule has 0 saturated carbocycles. The molecule has 1 aromatic rings. The van der Waals surface area contributed by atoms with Crippen LogP contribution in [0.15, 0.2) is 29.3 Å². The maximum Gasteiger partial charge on any atom is 0.290 e. The number of hydrogen-bond donors (Lipinski definition) is 2. The van der Waals surface area contributed by atoms with E-state index < -0.39 is 0 Å². The third kappa shape index (κ3) is 2.96. The lowest BCUT2D eigenvalue weighted by Gasteiger charge is -2.14. The topological polar surface area (TPSA) is 62.7 Å². The van der Waals surface area contributed by atoms with Crippen LogP contribution in [0.1, 0.15) is 6.42 Å². The molecule has 0 saturated heterocycles. The van der Waals surface area contributed by atoms with Crippen molar-refractivity contribution in [3.05, 3.63) is 24.3 Å². The Labute approximate surface area is 99.9 Å². The zero-order valence-electron chi connectivity index (χ0n) is 9.69. The van der Waals surface area contributed by atoms with Gasteiger partial charge in [0.25, 0.3) is 5.91 Å². The number of carbonyl (C=O) groups is 1. The quantitative estimate of drug-likeness (QED) is 0.819. The highest BCUT2D eigenvalue weighted by Crippen LogP contribution is 2.16. The Hall–Kier alpha value is -2.04. The SMILES string of the molecule is COc1cccc(NC(=O)C2=NCCCN2)c1. The summed E-state index contributed by atoms with van der Waals surface area (Å²) in [5.41, 5.74) is 0.699. The first-order chi connectivity index (χ1) is 8.29. The van der Waals surface area contributed by atoms with Gasteiger partial charge >= 0.3 is 0 Å². The largest absolute Gasteiger partial charge is 0.497 e. The number of hydrogen-bond acceptors (Lipinski definition) is 4. The Kier molecular flexibility index (Phi) is 3.59. The molecule has 2 N–H and O–H groups in total. The molecule has 5 heteroatoms. The lowest BCUT2D eigenvalue weighted by Crippen LogP contribution is -2.39. The summed E-state index contributed by atoms with van der Waals surface area (Å²) in [6.45, 7) is 1.50. The van der Waals surface area contributed by atoms with E-state index in [1.807, 2.05) is 18.2 Å². The minimum atomic E-state index is -0.210. The van der Waals surface area contributed by atoms with Crippen molar-refractivity contribution in [2.45, 2.75) is 6.42 Å². The molecule has 0 unspecified atom stereocenters. The van der Waals surface area contributed by atoms with Gasteiger partial charge in [-0.15, -0.1) is 0 Å². The number of aliphatic imine (C=N–C) groups is 1. The smallest absolute Gasteiger partial charge is 0.290 e. The van der Waals surface area contributed by atoms with Gasteiger partial charge < -0.3 is 15.4 Å². The lowest BCUT2D eigenvalue weighted by molar-refractivity contribution is -0.110. The van der Waals surface area contributed by atoms with Crippen LogP contribution in [0.2, 0.25) is 0 Å². The molecule has 1 amide bonds. The Bertz CT molecular complexity index is 443. The maximum atomic E-state index is 11.8. The summed E-state index contributed by atoms with van der Waals surface area (Å²) >= 11 is 0. The molecule has 0 bridgehead atoms. The van der Waals surface area contributed by atoms with Gasteiger partial charge in [-0.3, -0.25) is 9.79 Å². The van der Waals surface area contributed by atoms with E-state index in [9.17, 15) is 4.79 Å². The van der Waals surface area contributed by atoms with Gasteiger partial charge in [0.05, 0.1) is 7.11 Å². The number of nitrogens with one attached hydrogen (secondary N) is 2. The molecule has 0 fully saturated rings. The minimum Gasteiger partial charge on any atom is -0.497 e. The Morgan fingerprint density at radius 3 is 3.12 bits per heavy atom. The lowest BCUT2D eigenvalue weighted by atomic mass is 10.3. The fourth-order valence-electron chi connectivity index (χ4n) is 1.58. The summed E-state index contributed by atoms with van der Waals surface area (Å²) in [5, 5.41) is 5.75. The van der Waals surface area contributed by atoms with Crippen molar-refractivity contribution < 1.29 is 9.53 Å². The summed E-state index contributed by atoms with van der Waals surface area (Å²) in [4.78, 5) is 16.0. The summed E-state index contributed by atoms with van der Waals surface area (Å²) in [6, 6.07) is 7.22. The number of carbonyl (C=O) groups excluding carboxylic acids is 1. The standard InChI is InChI=1S/C12H15N3O2/c1-17-10-5-2-4-9(8-10)15-12(16)11-13-6-3-7-14-11/h2,4-5,8H,3,6-7H2,1H3,(H,13,14)(H,15,16). The number of nitrogens with zero attached hydrogens (tertiary/aromatic N) is 1. The van der Waals surface area contributed by atoms with E-state index in [1.165, 1.54) is 0 Å². The second-order valence-corrected chi connectivity index (χ2v) is 3.70. The molecule has 1 aliphatic heterocycles. The first kappa shape index (κ1) is 11.4. The zero-order chi connectivity index (χ0) is 12.1. The minimum absolute atomic E-state index is 0.210. The van der Waals surface area contributed by atoms with Crippen molar-refractivity contribution in [3.8, 4) is 5.75 Å². The van der Waals surface area contributed by atoms with E-state index in [2.05, 4.69) is 15.6 Å². The molecule has 0 aliphatic carbocycles. The van der Waals surface area contributed by atoms with Gasteiger partial charge in [0.15, 0.2) is 5.84 Å². The summed E-state index contributed by atoms with van der Waals surface area (Å²) < 4.78 is 5.08. The highest BCUT2D eigenvalue weighted by molar-refractivity contribution is 6.42. The first-order valence-corrected chi connectivity index (χ1v) is 5.53. The van der Waals surface area contributed by atoms with E-state index in [0.29, 0.717) is 23.8 Å². The summed E-state index contributed by atoms with van der Waals surface area (Å²) in [6.07, 6.45) is 0.968. The maximum absolute atomic E-state index is 11.8. The van der Waals surface area contributed by atoms with Gasteiger partial charge in [-0.25, -0.2) is 0 Å². The molecular weight excluding hydrogens is 218 g/mol. The second-order valence-electron chi connectivity index (χ2n) is 3.70. The Morgan fingerprint density at radius 2 is 2.41 bits per heavy atom. The van der Waals surface area contributed by atoms with E-state index >= 15 is 0 Å². The van der Waals surface area contributed by atoms with Crippen LogP contribution < -0.4 is 15.4 Å². The Morgan fingerprint density at radius 1 is 1.53 bits per heavy atom. The van der Waals surface area contributed by atoms with Crippen LogP contribution in [0.5, 0.6) is 5.75 Å². The monoisotopic (exact) mass is 233 g/mol. The molecule has 90 valence electrons. The molecule has 5 nitrogen and oxygen atoms in total.